The third-order valence-corrected chi connectivity index (χ3v) is 6.52. The van der Waals surface area contributed by atoms with Crippen LogP contribution in [-0.4, -0.2) is 40.6 Å². The maximum absolute atomic E-state index is 12.9. The van der Waals surface area contributed by atoms with E-state index in [2.05, 4.69) is 44.2 Å². The van der Waals surface area contributed by atoms with E-state index in [4.69, 9.17) is 0 Å². The molecular formula is C17H32N2OS. The summed E-state index contributed by atoms with van der Waals surface area (Å²) in [5.41, 5.74) is 0. The predicted molar refractivity (Wildman–Crippen MR) is 91.4 cm³/mol. The molecule has 4 heteroatoms. The Hall–Kier alpha value is -0.220. The summed E-state index contributed by atoms with van der Waals surface area (Å²) in [6.45, 7) is 8.83. The fraction of sp³-hybridized carbons (Fsp3) is 0.941. The van der Waals surface area contributed by atoms with Crippen LogP contribution in [-0.2, 0) is 4.79 Å². The second kappa shape index (κ2) is 7.36. The van der Waals surface area contributed by atoms with Crippen molar-refractivity contribution in [3.8, 4) is 0 Å². The molecule has 1 saturated heterocycles. The molecule has 1 N–H and O–H groups in total. The van der Waals surface area contributed by atoms with Gasteiger partial charge in [-0.05, 0) is 43.8 Å². The first kappa shape index (κ1) is 17.1. The molecule has 3 nitrogen and oxygen atoms in total. The Balaban J connectivity index is 2.10. The largest absolute Gasteiger partial charge is 0.323 e. The van der Waals surface area contributed by atoms with Gasteiger partial charge >= 0.3 is 0 Å². The molecule has 3 atom stereocenters. The summed E-state index contributed by atoms with van der Waals surface area (Å²) in [5.74, 6) is 1.25. The molecule has 2 rings (SSSR count). The first-order chi connectivity index (χ1) is 9.99. The van der Waals surface area contributed by atoms with Crippen molar-refractivity contribution in [2.75, 3.05) is 6.26 Å². The Labute approximate surface area is 134 Å². The molecule has 0 radical (unpaired) electrons. The maximum atomic E-state index is 12.9. The SMILES string of the molecule is CCC(C)C1NC(C(C)C)N(C2CCC(SC)CC2)C1=O. The average molecular weight is 313 g/mol. The summed E-state index contributed by atoms with van der Waals surface area (Å²) >= 11 is 1.99. The van der Waals surface area contributed by atoms with Crippen LogP contribution < -0.4 is 5.32 Å². The van der Waals surface area contributed by atoms with Crippen LogP contribution in [0.1, 0.15) is 59.8 Å². The van der Waals surface area contributed by atoms with E-state index >= 15 is 0 Å². The highest BCUT2D eigenvalue weighted by Gasteiger charge is 2.45. The summed E-state index contributed by atoms with van der Waals surface area (Å²) < 4.78 is 0. The van der Waals surface area contributed by atoms with E-state index < -0.39 is 0 Å². The normalized spacial score (nSPS) is 35.5. The van der Waals surface area contributed by atoms with Crippen LogP contribution in [0.3, 0.4) is 0 Å². The third-order valence-electron chi connectivity index (χ3n) is 5.39. The number of amides is 1. The van der Waals surface area contributed by atoms with E-state index in [0.717, 1.165) is 11.7 Å². The standard InChI is InChI=1S/C17H32N2OS/c1-6-12(4)15-17(20)19(16(18-15)11(2)3)13-7-9-14(21-5)10-8-13/h11-16,18H,6-10H2,1-5H3. The Morgan fingerprint density at radius 1 is 1.24 bits per heavy atom. The van der Waals surface area contributed by atoms with Crippen LogP contribution in [0.25, 0.3) is 0 Å². The van der Waals surface area contributed by atoms with Gasteiger partial charge in [-0.3, -0.25) is 10.1 Å². The number of carbonyl (C=O) groups is 1. The molecule has 122 valence electrons. The van der Waals surface area contributed by atoms with Crippen LogP contribution in [0.15, 0.2) is 0 Å². The molecule has 0 aromatic carbocycles. The fourth-order valence-electron chi connectivity index (χ4n) is 3.76. The van der Waals surface area contributed by atoms with E-state index in [-0.39, 0.29) is 12.2 Å². The quantitative estimate of drug-likeness (QED) is 0.843. The maximum Gasteiger partial charge on any atom is 0.241 e. The Bertz CT molecular complexity index is 353. The zero-order valence-corrected chi connectivity index (χ0v) is 15.1. The van der Waals surface area contributed by atoms with Crippen molar-refractivity contribution in [3.05, 3.63) is 0 Å². The highest BCUT2D eigenvalue weighted by atomic mass is 32.2. The molecule has 1 aliphatic heterocycles. The molecule has 1 aliphatic carbocycles. The topological polar surface area (TPSA) is 32.3 Å². The molecule has 1 saturated carbocycles. The molecule has 0 aromatic heterocycles. The van der Waals surface area contributed by atoms with Crippen molar-refractivity contribution in [1.29, 1.82) is 0 Å². The average Bonchev–Trinajstić information content (AvgIpc) is 2.84. The lowest BCUT2D eigenvalue weighted by Crippen LogP contribution is -2.48. The smallest absolute Gasteiger partial charge is 0.241 e. The minimum Gasteiger partial charge on any atom is -0.323 e. The highest BCUT2D eigenvalue weighted by molar-refractivity contribution is 7.99. The molecule has 2 aliphatic rings. The molecule has 21 heavy (non-hydrogen) atoms. The van der Waals surface area contributed by atoms with Gasteiger partial charge in [0.1, 0.15) is 0 Å². The van der Waals surface area contributed by atoms with Crippen LogP contribution in [0.5, 0.6) is 0 Å². The summed E-state index contributed by atoms with van der Waals surface area (Å²) in [7, 11) is 0. The Kier molecular flexibility index (Phi) is 6.01. The second-order valence-corrected chi connectivity index (χ2v) is 8.27. The summed E-state index contributed by atoms with van der Waals surface area (Å²) in [6, 6.07) is 0.482. The number of hydrogen-bond acceptors (Lipinski definition) is 3. The fourth-order valence-corrected chi connectivity index (χ4v) is 4.50. The zero-order valence-electron chi connectivity index (χ0n) is 14.3. The minimum absolute atomic E-state index is 0.0284. The highest BCUT2D eigenvalue weighted by Crippen LogP contribution is 2.34. The van der Waals surface area contributed by atoms with Gasteiger partial charge in [0.15, 0.2) is 0 Å². The van der Waals surface area contributed by atoms with Gasteiger partial charge in [-0.2, -0.15) is 11.8 Å². The first-order valence-electron chi connectivity index (χ1n) is 8.60. The van der Waals surface area contributed by atoms with Crippen LogP contribution in [0.2, 0.25) is 0 Å². The number of thioether (sulfide) groups is 1. The molecular weight excluding hydrogens is 280 g/mol. The lowest BCUT2D eigenvalue weighted by atomic mass is 9.92. The number of hydrogen-bond donors (Lipinski definition) is 1. The predicted octanol–water partition coefficient (Wildman–Crippen LogP) is 3.49. The Morgan fingerprint density at radius 2 is 1.86 bits per heavy atom. The third kappa shape index (κ3) is 3.58. The molecule has 1 amide bonds. The van der Waals surface area contributed by atoms with E-state index in [1.807, 2.05) is 11.8 Å². The molecule has 3 unspecified atom stereocenters. The molecule has 0 aromatic rings. The Morgan fingerprint density at radius 3 is 2.33 bits per heavy atom. The summed E-state index contributed by atoms with van der Waals surface area (Å²) in [6.07, 6.45) is 8.37. The van der Waals surface area contributed by atoms with E-state index in [1.165, 1.54) is 25.7 Å². The van der Waals surface area contributed by atoms with Gasteiger partial charge in [-0.25, -0.2) is 0 Å². The van der Waals surface area contributed by atoms with Crippen LogP contribution >= 0.6 is 11.8 Å². The number of nitrogens with one attached hydrogen (secondary N) is 1. The molecule has 2 fully saturated rings. The van der Waals surface area contributed by atoms with Crippen LogP contribution in [0, 0.1) is 11.8 Å². The van der Waals surface area contributed by atoms with Gasteiger partial charge in [0.05, 0.1) is 12.2 Å². The van der Waals surface area contributed by atoms with Gasteiger partial charge in [0, 0.05) is 11.3 Å². The van der Waals surface area contributed by atoms with Crippen molar-refractivity contribution in [3.63, 3.8) is 0 Å². The number of carbonyl (C=O) groups excluding carboxylic acids is 1. The molecule has 1 heterocycles. The van der Waals surface area contributed by atoms with Crippen molar-refractivity contribution in [2.45, 2.75) is 83.3 Å². The van der Waals surface area contributed by atoms with E-state index in [1.54, 1.807) is 0 Å². The summed E-state index contributed by atoms with van der Waals surface area (Å²) in [5, 5.41) is 4.44. The molecule has 0 bridgehead atoms. The van der Waals surface area contributed by atoms with Gasteiger partial charge in [0.25, 0.3) is 0 Å². The summed E-state index contributed by atoms with van der Waals surface area (Å²) in [4.78, 5) is 15.1. The zero-order chi connectivity index (χ0) is 15.6. The molecule has 0 spiro atoms. The first-order valence-corrected chi connectivity index (χ1v) is 9.89. The number of nitrogens with zero attached hydrogens (tertiary/aromatic N) is 1. The lowest BCUT2D eigenvalue weighted by Gasteiger charge is -2.38. The minimum atomic E-state index is 0.0284. The lowest BCUT2D eigenvalue weighted by molar-refractivity contribution is -0.134. The van der Waals surface area contributed by atoms with Crippen molar-refractivity contribution in [1.82, 2.24) is 10.2 Å². The van der Waals surface area contributed by atoms with Crippen molar-refractivity contribution < 1.29 is 4.79 Å². The van der Waals surface area contributed by atoms with E-state index in [0.29, 0.717) is 23.8 Å². The van der Waals surface area contributed by atoms with Gasteiger partial charge in [0.2, 0.25) is 5.91 Å². The van der Waals surface area contributed by atoms with Crippen molar-refractivity contribution >= 4 is 17.7 Å². The van der Waals surface area contributed by atoms with E-state index in [9.17, 15) is 4.79 Å². The van der Waals surface area contributed by atoms with Gasteiger partial charge < -0.3 is 4.90 Å². The monoisotopic (exact) mass is 312 g/mol. The van der Waals surface area contributed by atoms with Gasteiger partial charge in [-0.1, -0.05) is 34.1 Å². The number of rotatable bonds is 5. The van der Waals surface area contributed by atoms with Gasteiger partial charge in [-0.15, -0.1) is 0 Å². The van der Waals surface area contributed by atoms with Crippen LogP contribution in [0.4, 0.5) is 0 Å². The second-order valence-electron chi connectivity index (χ2n) is 7.13. The van der Waals surface area contributed by atoms with Crippen molar-refractivity contribution in [2.24, 2.45) is 11.8 Å².